The van der Waals surface area contributed by atoms with Crippen molar-refractivity contribution in [3.63, 3.8) is 0 Å². The summed E-state index contributed by atoms with van der Waals surface area (Å²) in [4.78, 5) is 27.2. The van der Waals surface area contributed by atoms with Gasteiger partial charge in [0.05, 0.1) is 17.7 Å². The van der Waals surface area contributed by atoms with Crippen molar-refractivity contribution in [2.75, 3.05) is 6.26 Å². The maximum absolute atomic E-state index is 13.7. The first-order valence-corrected chi connectivity index (χ1v) is 13.1. The molecule has 0 amide bonds. The van der Waals surface area contributed by atoms with Gasteiger partial charge >= 0.3 is 29.6 Å². The SMILES string of the molecule is CSc1ccc(C(=O)/C(Cc2ccc(C(C)(C)C)cc2)=C(/C(=O)[O-])c2ccc3nsnc3c2)cc1.[Na+]. The summed E-state index contributed by atoms with van der Waals surface area (Å²) in [7, 11) is 0. The van der Waals surface area contributed by atoms with Crippen molar-refractivity contribution in [1.29, 1.82) is 0 Å². The van der Waals surface area contributed by atoms with E-state index >= 15 is 0 Å². The zero-order valence-electron chi connectivity index (χ0n) is 21.0. The fraction of sp³-hybridized carbons (Fsp3) is 0.214. The van der Waals surface area contributed by atoms with Crippen molar-refractivity contribution < 1.29 is 44.3 Å². The number of aliphatic carboxylic acids is 1. The second-order valence-electron chi connectivity index (χ2n) is 9.29. The first kappa shape index (κ1) is 28.3. The average Bonchev–Trinajstić information content (AvgIpc) is 3.31. The van der Waals surface area contributed by atoms with E-state index in [4.69, 9.17) is 0 Å². The number of carbonyl (C=O) groups is 2. The van der Waals surface area contributed by atoms with Crippen LogP contribution in [-0.2, 0) is 16.6 Å². The maximum Gasteiger partial charge on any atom is 1.00 e. The molecule has 4 rings (SSSR count). The number of carbonyl (C=O) groups excluding carboxylic acids is 2. The van der Waals surface area contributed by atoms with Crippen molar-refractivity contribution in [2.24, 2.45) is 0 Å². The van der Waals surface area contributed by atoms with Gasteiger partial charge in [-0.15, -0.1) is 11.8 Å². The van der Waals surface area contributed by atoms with Gasteiger partial charge in [0.2, 0.25) is 0 Å². The number of fused-ring (bicyclic) bond motifs is 1. The van der Waals surface area contributed by atoms with Gasteiger partial charge in [-0.05, 0) is 64.8 Å². The molecule has 4 aromatic rings. The second kappa shape index (κ2) is 11.8. The molecule has 0 spiro atoms. The largest absolute Gasteiger partial charge is 1.00 e. The molecule has 0 atom stereocenters. The van der Waals surface area contributed by atoms with Crippen LogP contribution in [0.1, 0.15) is 47.8 Å². The Bertz CT molecular complexity index is 1420. The third-order valence-corrected chi connectivity index (χ3v) is 7.18. The number of Topliss-reactive ketones (excluding diaryl/α,β-unsaturated/α-hetero) is 1. The summed E-state index contributed by atoms with van der Waals surface area (Å²) in [5.41, 5.74) is 4.10. The molecule has 0 aliphatic carbocycles. The summed E-state index contributed by atoms with van der Waals surface area (Å²) in [6.07, 6.45) is 2.12. The number of hydrogen-bond donors (Lipinski definition) is 0. The van der Waals surface area contributed by atoms with Crippen LogP contribution in [-0.4, -0.2) is 26.8 Å². The normalized spacial score (nSPS) is 12.1. The van der Waals surface area contributed by atoms with E-state index in [9.17, 15) is 14.7 Å². The fourth-order valence-corrected chi connectivity index (χ4v) is 4.80. The number of allylic oxidation sites excluding steroid dienone is 1. The van der Waals surface area contributed by atoms with Crippen LogP contribution in [0.25, 0.3) is 16.6 Å². The predicted octanol–water partition coefficient (Wildman–Crippen LogP) is 2.34. The number of hydrogen-bond acceptors (Lipinski definition) is 7. The Hall–Kier alpha value is -2.29. The average molecular weight is 525 g/mol. The summed E-state index contributed by atoms with van der Waals surface area (Å²) >= 11 is 2.63. The Labute approximate surface area is 241 Å². The van der Waals surface area contributed by atoms with Crippen LogP contribution in [0.15, 0.2) is 77.2 Å². The molecule has 1 aromatic heterocycles. The molecule has 0 unspecified atom stereocenters. The molecular weight excluding hydrogens is 499 g/mol. The smallest absolute Gasteiger partial charge is 0.545 e. The van der Waals surface area contributed by atoms with Gasteiger partial charge in [0, 0.05) is 28.0 Å². The number of thioether (sulfide) groups is 1. The van der Waals surface area contributed by atoms with E-state index in [1.807, 2.05) is 42.7 Å². The minimum atomic E-state index is -1.40. The van der Waals surface area contributed by atoms with Crippen molar-refractivity contribution in [3.05, 3.63) is 94.6 Å². The molecular formula is C28H25N2NaO3S2. The van der Waals surface area contributed by atoms with Crippen LogP contribution in [0.2, 0.25) is 0 Å². The van der Waals surface area contributed by atoms with E-state index in [0.717, 1.165) is 27.8 Å². The van der Waals surface area contributed by atoms with Crippen LogP contribution < -0.4 is 34.7 Å². The molecule has 0 radical (unpaired) electrons. The van der Waals surface area contributed by atoms with Crippen LogP contribution in [0.5, 0.6) is 0 Å². The fourth-order valence-electron chi connectivity index (χ4n) is 3.88. The van der Waals surface area contributed by atoms with Crippen LogP contribution >= 0.6 is 23.5 Å². The van der Waals surface area contributed by atoms with Crippen molar-refractivity contribution in [2.45, 2.75) is 37.5 Å². The molecule has 0 N–H and O–H groups in total. The quantitative estimate of drug-likeness (QED) is 0.160. The van der Waals surface area contributed by atoms with E-state index in [1.54, 1.807) is 42.1 Å². The molecule has 178 valence electrons. The molecule has 0 saturated carbocycles. The van der Waals surface area contributed by atoms with Crippen LogP contribution in [0, 0.1) is 0 Å². The van der Waals surface area contributed by atoms with E-state index in [0.29, 0.717) is 22.2 Å². The second-order valence-corrected chi connectivity index (χ2v) is 10.7. The first-order chi connectivity index (χ1) is 16.7. The molecule has 0 aliphatic rings. The number of carboxylic acid groups (broad SMARTS) is 1. The van der Waals surface area contributed by atoms with Gasteiger partial charge in [-0.25, -0.2) is 0 Å². The number of ketones is 1. The topological polar surface area (TPSA) is 83.0 Å². The standard InChI is InChI=1S/C28H26N2O3S2.Na/c1-28(2,3)20-10-5-17(6-11-20)15-22(26(31)18-7-12-21(34-4)13-8-18)25(27(32)33)19-9-14-23-24(16-19)30-35-29-23;/h5-14,16H,15H2,1-4H3,(H,32,33);/q;+1/p-1/b25-22+;. The molecule has 3 aromatic carbocycles. The van der Waals surface area contributed by atoms with Crippen molar-refractivity contribution in [3.8, 4) is 0 Å². The maximum atomic E-state index is 13.7. The Morgan fingerprint density at radius 3 is 2.08 bits per heavy atom. The number of aromatic nitrogens is 2. The number of rotatable bonds is 7. The third-order valence-electron chi connectivity index (χ3n) is 5.88. The molecule has 1 heterocycles. The van der Waals surface area contributed by atoms with Gasteiger partial charge in [-0.3, -0.25) is 4.79 Å². The molecule has 0 aliphatic heterocycles. The van der Waals surface area contributed by atoms with E-state index in [1.165, 1.54) is 0 Å². The molecule has 8 heteroatoms. The number of nitrogens with zero attached hydrogens (tertiary/aromatic N) is 2. The molecule has 5 nitrogen and oxygen atoms in total. The summed E-state index contributed by atoms with van der Waals surface area (Å²) in [6.45, 7) is 6.40. The summed E-state index contributed by atoms with van der Waals surface area (Å²) < 4.78 is 8.41. The van der Waals surface area contributed by atoms with Crippen molar-refractivity contribution in [1.82, 2.24) is 8.75 Å². The Morgan fingerprint density at radius 1 is 0.889 bits per heavy atom. The van der Waals surface area contributed by atoms with E-state index in [-0.39, 0.29) is 58.3 Å². The molecule has 0 fully saturated rings. The Morgan fingerprint density at radius 2 is 1.50 bits per heavy atom. The Kier molecular flexibility index (Phi) is 9.30. The summed E-state index contributed by atoms with van der Waals surface area (Å²) in [6, 6.07) is 20.2. The summed E-state index contributed by atoms with van der Waals surface area (Å²) in [5.74, 6) is -1.74. The number of benzene rings is 3. The van der Waals surface area contributed by atoms with Crippen LogP contribution in [0.4, 0.5) is 0 Å². The summed E-state index contributed by atoms with van der Waals surface area (Å²) in [5, 5.41) is 12.5. The first-order valence-electron chi connectivity index (χ1n) is 11.1. The monoisotopic (exact) mass is 524 g/mol. The molecule has 0 bridgehead atoms. The minimum Gasteiger partial charge on any atom is -0.545 e. The predicted molar refractivity (Wildman–Crippen MR) is 141 cm³/mol. The number of carboxylic acids is 1. The van der Waals surface area contributed by atoms with Gasteiger partial charge in [-0.2, -0.15) is 8.75 Å². The van der Waals surface area contributed by atoms with Crippen molar-refractivity contribution >= 4 is 51.8 Å². The molecule has 0 saturated heterocycles. The van der Waals surface area contributed by atoms with Gasteiger partial charge in [-0.1, -0.05) is 51.1 Å². The minimum absolute atomic E-state index is 0. The van der Waals surface area contributed by atoms with Crippen LogP contribution in [0.3, 0.4) is 0 Å². The van der Waals surface area contributed by atoms with Gasteiger partial charge < -0.3 is 9.90 Å². The van der Waals surface area contributed by atoms with Gasteiger partial charge in [0.1, 0.15) is 11.0 Å². The zero-order chi connectivity index (χ0) is 25.2. The van der Waals surface area contributed by atoms with E-state index in [2.05, 4.69) is 29.5 Å². The van der Waals surface area contributed by atoms with E-state index < -0.39 is 5.97 Å². The van der Waals surface area contributed by atoms with Gasteiger partial charge in [0.25, 0.3) is 0 Å². The Balaban J connectivity index is 0.00000361. The van der Waals surface area contributed by atoms with Gasteiger partial charge in [0.15, 0.2) is 5.78 Å². The molecule has 36 heavy (non-hydrogen) atoms. The zero-order valence-corrected chi connectivity index (χ0v) is 24.6. The third kappa shape index (κ3) is 6.33.